The van der Waals surface area contributed by atoms with E-state index in [2.05, 4.69) is 15.3 Å². The monoisotopic (exact) mass is 284 g/mol. The van der Waals surface area contributed by atoms with Crippen molar-refractivity contribution in [3.8, 4) is 0 Å². The Morgan fingerprint density at radius 1 is 1.42 bits per heavy atom. The lowest BCUT2D eigenvalue weighted by atomic mass is 9.82. The molecule has 9 heteroatoms. The fraction of sp³-hybridized carbons (Fsp3) is 0.500. The van der Waals surface area contributed by atoms with Crippen LogP contribution < -0.4 is 11.1 Å². The Bertz CT molecular complexity index is 679. The predicted molar refractivity (Wildman–Crippen MR) is 65.3 cm³/mol. The summed E-state index contributed by atoms with van der Waals surface area (Å²) in [5.74, 6) is -0.0932. The Labute approximate surface area is 109 Å². The number of fused-ring (bicyclic) bond motifs is 2. The molecule has 1 aromatic heterocycles. The van der Waals surface area contributed by atoms with Gasteiger partial charge in [-0.1, -0.05) is 0 Å². The molecule has 1 saturated heterocycles. The number of carbonyl (C=O) groups is 1. The van der Waals surface area contributed by atoms with Gasteiger partial charge < -0.3 is 15.8 Å². The van der Waals surface area contributed by atoms with Crippen molar-refractivity contribution in [2.24, 2.45) is 0 Å². The van der Waals surface area contributed by atoms with E-state index in [0.29, 0.717) is 18.6 Å². The average Bonchev–Trinajstić information content (AvgIpc) is 2.86. The average molecular weight is 284 g/mol. The van der Waals surface area contributed by atoms with Gasteiger partial charge in [-0.15, -0.1) is 0 Å². The van der Waals surface area contributed by atoms with E-state index in [0.717, 1.165) is 6.26 Å². The predicted octanol–water partition coefficient (Wildman–Crippen LogP) is -0.927. The summed E-state index contributed by atoms with van der Waals surface area (Å²) in [7, 11) is -3.58. The molecule has 0 saturated carbocycles. The number of amides is 1. The Hall–Kier alpha value is -1.74. The third-order valence-electron chi connectivity index (χ3n) is 3.41. The van der Waals surface area contributed by atoms with Crippen LogP contribution in [0.4, 0.5) is 11.6 Å². The molecule has 3 heterocycles. The van der Waals surface area contributed by atoms with Crippen molar-refractivity contribution in [3.63, 3.8) is 0 Å². The van der Waals surface area contributed by atoms with Gasteiger partial charge in [0.1, 0.15) is 17.1 Å². The number of hydrogen-bond donors (Lipinski definition) is 2. The number of ether oxygens (including phenoxy) is 1. The maximum absolute atomic E-state index is 12.1. The zero-order valence-electron chi connectivity index (χ0n) is 10.1. The molecule has 0 bridgehead atoms. The molecule has 2 aliphatic heterocycles. The molecule has 0 aromatic carbocycles. The fourth-order valence-electron chi connectivity index (χ4n) is 2.47. The van der Waals surface area contributed by atoms with E-state index in [1.165, 1.54) is 0 Å². The summed E-state index contributed by atoms with van der Waals surface area (Å²) in [4.78, 5) is 19.8. The van der Waals surface area contributed by atoms with E-state index < -0.39 is 15.3 Å². The highest BCUT2D eigenvalue weighted by molar-refractivity contribution is 7.90. The molecular formula is C10H12N4O4S. The van der Waals surface area contributed by atoms with E-state index in [9.17, 15) is 13.2 Å². The first-order valence-electron chi connectivity index (χ1n) is 5.62. The first-order valence-corrected chi connectivity index (χ1v) is 7.51. The van der Waals surface area contributed by atoms with Crippen LogP contribution in [0.5, 0.6) is 0 Å². The molecule has 1 unspecified atom stereocenters. The second-order valence-electron chi connectivity index (χ2n) is 4.73. The first-order chi connectivity index (χ1) is 8.84. The molecular weight excluding hydrogens is 272 g/mol. The summed E-state index contributed by atoms with van der Waals surface area (Å²) in [6.45, 7) is 0.651. The van der Waals surface area contributed by atoms with Crippen molar-refractivity contribution in [1.29, 1.82) is 0 Å². The van der Waals surface area contributed by atoms with Crippen molar-refractivity contribution >= 4 is 27.4 Å². The van der Waals surface area contributed by atoms with Gasteiger partial charge in [0.2, 0.25) is 15.7 Å². The topological polar surface area (TPSA) is 124 Å². The number of hydrogen-bond acceptors (Lipinski definition) is 7. The zero-order valence-corrected chi connectivity index (χ0v) is 11.0. The van der Waals surface area contributed by atoms with Gasteiger partial charge in [0.25, 0.3) is 5.16 Å². The van der Waals surface area contributed by atoms with Crippen LogP contribution >= 0.6 is 0 Å². The molecule has 0 radical (unpaired) electrons. The van der Waals surface area contributed by atoms with Gasteiger partial charge in [-0.2, -0.15) is 0 Å². The summed E-state index contributed by atoms with van der Waals surface area (Å²) in [5.41, 5.74) is 5.39. The van der Waals surface area contributed by atoms with Gasteiger partial charge in [-0.25, -0.2) is 18.4 Å². The van der Waals surface area contributed by atoms with Crippen molar-refractivity contribution in [1.82, 2.24) is 9.97 Å². The number of anilines is 2. The van der Waals surface area contributed by atoms with E-state index in [4.69, 9.17) is 10.5 Å². The third kappa shape index (κ3) is 1.61. The van der Waals surface area contributed by atoms with Crippen LogP contribution in [0.1, 0.15) is 12.0 Å². The van der Waals surface area contributed by atoms with Gasteiger partial charge >= 0.3 is 0 Å². The van der Waals surface area contributed by atoms with Crippen LogP contribution in [0.3, 0.4) is 0 Å². The fourth-order valence-corrected chi connectivity index (χ4v) is 2.99. The number of nitrogens with zero attached hydrogens (tertiary/aromatic N) is 2. The van der Waals surface area contributed by atoms with Gasteiger partial charge in [0.05, 0.1) is 12.2 Å². The molecule has 1 aromatic rings. The molecule has 19 heavy (non-hydrogen) atoms. The standard InChI is InChI=1S/C10H12N4O4S/c1-19(16,17)9-12-6(11)5-7(14-9)13-8(15)10(5)2-3-18-4-10/h2-4H2,1H3,(H3,11,12,13,14,15). The van der Waals surface area contributed by atoms with Gasteiger partial charge in [-0.3, -0.25) is 4.79 Å². The van der Waals surface area contributed by atoms with E-state index in [1.54, 1.807) is 0 Å². The smallest absolute Gasteiger partial charge is 0.250 e. The third-order valence-corrected chi connectivity index (χ3v) is 4.26. The van der Waals surface area contributed by atoms with Crippen molar-refractivity contribution in [3.05, 3.63) is 5.56 Å². The second-order valence-corrected chi connectivity index (χ2v) is 6.64. The molecule has 102 valence electrons. The highest BCUT2D eigenvalue weighted by Crippen LogP contribution is 2.45. The molecule has 0 aliphatic carbocycles. The number of nitrogen functional groups attached to an aromatic ring is 1. The summed E-state index contributed by atoms with van der Waals surface area (Å²) in [5, 5.41) is 2.18. The lowest BCUT2D eigenvalue weighted by Gasteiger charge is -2.19. The van der Waals surface area contributed by atoms with Crippen molar-refractivity contribution in [2.45, 2.75) is 17.0 Å². The molecule has 1 amide bonds. The number of nitrogens with one attached hydrogen (secondary N) is 1. The largest absolute Gasteiger partial charge is 0.383 e. The lowest BCUT2D eigenvalue weighted by molar-refractivity contribution is -0.120. The molecule has 3 rings (SSSR count). The van der Waals surface area contributed by atoms with Crippen LogP contribution in [-0.2, 0) is 24.8 Å². The van der Waals surface area contributed by atoms with Crippen LogP contribution in [0.25, 0.3) is 0 Å². The maximum Gasteiger partial charge on any atom is 0.250 e. The SMILES string of the molecule is CS(=O)(=O)c1nc(N)c2c(n1)NC(=O)C21CCOC1. The Morgan fingerprint density at radius 2 is 2.16 bits per heavy atom. The summed E-state index contributed by atoms with van der Waals surface area (Å²) in [6.07, 6.45) is 1.47. The second kappa shape index (κ2) is 3.64. The van der Waals surface area contributed by atoms with Crippen molar-refractivity contribution in [2.75, 3.05) is 30.5 Å². The van der Waals surface area contributed by atoms with Crippen LogP contribution in [0.2, 0.25) is 0 Å². The molecule has 1 atom stereocenters. The quantitative estimate of drug-likeness (QED) is 0.638. The highest BCUT2D eigenvalue weighted by atomic mass is 32.2. The Kier molecular flexibility index (Phi) is 2.36. The van der Waals surface area contributed by atoms with Crippen LogP contribution in [0.15, 0.2) is 5.16 Å². The number of carbonyl (C=O) groups excluding carboxylic acids is 1. The van der Waals surface area contributed by atoms with E-state index in [-0.39, 0.29) is 29.3 Å². The molecule has 8 nitrogen and oxygen atoms in total. The summed E-state index contributed by atoms with van der Waals surface area (Å²) in [6, 6.07) is 0. The first kappa shape index (κ1) is 12.3. The minimum absolute atomic E-state index is 0.00859. The minimum atomic E-state index is -3.58. The summed E-state index contributed by atoms with van der Waals surface area (Å²) >= 11 is 0. The number of sulfone groups is 1. The Balaban J connectivity index is 2.23. The van der Waals surface area contributed by atoms with E-state index >= 15 is 0 Å². The lowest BCUT2D eigenvalue weighted by Crippen LogP contribution is -2.35. The highest BCUT2D eigenvalue weighted by Gasteiger charge is 2.52. The zero-order chi connectivity index (χ0) is 13.8. The number of rotatable bonds is 1. The maximum atomic E-state index is 12.1. The number of aromatic nitrogens is 2. The molecule has 2 aliphatic rings. The summed E-state index contributed by atoms with van der Waals surface area (Å²) < 4.78 is 28.2. The number of nitrogens with two attached hydrogens (primary N) is 1. The Morgan fingerprint density at radius 3 is 2.74 bits per heavy atom. The minimum Gasteiger partial charge on any atom is -0.383 e. The van der Waals surface area contributed by atoms with Crippen LogP contribution in [0, 0.1) is 0 Å². The van der Waals surface area contributed by atoms with Crippen molar-refractivity contribution < 1.29 is 17.9 Å². The normalized spacial score (nSPS) is 25.6. The molecule has 1 fully saturated rings. The van der Waals surface area contributed by atoms with Gasteiger partial charge in [-0.05, 0) is 6.42 Å². The molecule has 3 N–H and O–H groups in total. The van der Waals surface area contributed by atoms with E-state index in [1.807, 2.05) is 0 Å². The van der Waals surface area contributed by atoms with Gasteiger partial charge in [0, 0.05) is 12.9 Å². The van der Waals surface area contributed by atoms with Gasteiger partial charge in [0.15, 0.2) is 0 Å². The van der Waals surface area contributed by atoms with Crippen LogP contribution in [-0.4, -0.2) is 43.8 Å². The molecule has 1 spiro atoms.